The zero-order valence-electron chi connectivity index (χ0n) is 18.5. The molecule has 1 heterocycles. The van der Waals surface area contributed by atoms with Gasteiger partial charge in [-0.15, -0.1) is 0 Å². The van der Waals surface area contributed by atoms with Crippen molar-refractivity contribution in [3.05, 3.63) is 69.3 Å². The maximum Gasteiger partial charge on any atom is 0.295 e. The van der Waals surface area contributed by atoms with Gasteiger partial charge < -0.3 is 24.7 Å². The van der Waals surface area contributed by atoms with Crippen LogP contribution in [0.15, 0.2) is 48.0 Å². The molecule has 10 heteroatoms. The molecule has 33 heavy (non-hydrogen) atoms. The minimum atomic E-state index is -1.05. The number of phenols is 1. The SMILES string of the molecule is COc1ccc(C(O)=C2C(=O)C(=O)N(CCCN(C)C)[C@H]2c2cccc([N+](=O)[O-])c2)c(O)c1. The van der Waals surface area contributed by atoms with E-state index < -0.39 is 28.4 Å². The molecule has 0 aliphatic carbocycles. The summed E-state index contributed by atoms with van der Waals surface area (Å²) in [6.07, 6.45) is 0.541. The molecule has 0 bridgehead atoms. The van der Waals surface area contributed by atoms with Gasteiger partial charge in [0, 0.05) is 24.7 Å². The Balaban J connectivity index is 2.16. The highest BCUT2D eigenvalue weighted by molar-refractivity contribution is 6.46. The summed E-state index contributed by atoms with van der Waals surface area (Å²) in [5, 5.41) is 32.7. The first kappa shape index (κ1) is 23.7. The van der Waals surface area contributed by atoms with Gasteiger partial charge >= 0.3 is 0 Å². The van der Waals surface area contributed by atoms with Crippen molar-refractivity contribution >= 4 is 23.1 Å². The molecular weight excluding hydrogens is 430 g/mol. The number of methoxy groups -OCH3 is 1. The summed E-state index contributed by atoms with van der Waals surface area (Å²) in [7, 11) is 5.16. The second kappa shape index (κ2) is 9.70. The number of nitro groups is 1. The van der Waals surface area contributed by atoms with Gasteiger partial charge in [-0.2, -0.15) is 0 Å². The van der Waals surface area contributed by atoms with Crippen molar-refractivity contribution in [1.29, 1.82) is 0 Å². The lowest BCUT2D eigenvalue weighted by Crippen LogP contribution is -2.32. The number of nitro benzene ring substituents is 1. The molecule has 1 atom stereocenters. The normalized spacial score (nSPS) is 17.6. The fourth-order valence-electron chi connectivity index (χ4n) is 3.81. The Morgan fingerprint density at radius 3 is 2.55 bits per heavy atom. The van der Waals surface area contributed by atoms with Gasteiger partial charge in [0.25, 0.3) is 17.4 Å². The molecule has 0 radical (unpaired) electrons. The monoisotopic (exact) mass is 455 g/mol. The molecule has 2 aromatic carbocycles. The van der Waals surface area contributed by atoms with Crippen molar-refractivity contribution in [1.82, 2.24) is 9.80 Å². The zero-order chi connectivity index (χ0) is 24.3. The molecule has 1 fully saturated rings. The second-order valence-electron chi connectivity index (χ2n) is 7.88. The lowest BCUT2D eigenvalue weighted by Gasteiger charge is -2.26. The molecule has 2 N–H and O–H groups in total. The summed E-state index contributed by atoms with van der Waals surface area (Å²) >= 11 is 0. The van der Waals surface area contributed by atoms with Gasteiger partial charge in [-0.3, -0.25) is 19.7 Å². The maximum absolute atomic E-state index is 13.0. The molecule has 0 aromatic heterocycles. The molecule has 3 rings (SSSR count). The molecule has 174 valence electrons. The number of likely N-dealkylation sites (tertiary alicyclic amines) is 1. The first-order valence-corrected chi connectivity index (χ1v) is 10.2. The fourth-order valence-corrected chi connectivity index (χ4v) is 3.81. The zero-order valence-corrected chi connectivity index (χ0v) is 18.5. The summed E-state index contributed by atoms with van der Waals surface area (Å²) in [4.78, 5) is 39.9. The average molecular weight is 455 g/mol. The van der Waals surface area contributed by atoms with E-state index in [0.717, 1.165) is 0 Å². The van der Waals surface area contributed by atoms with Crippen molar-refractivity contribution < 1.29 is 29.5 Å². The molecule has 1 aliphatic heterocycles. The first-order valence-electron chi connectivity index (χ1n) is 10.2. The highest BCUT2D eigenvalue weighted by Crippen LogP contribution is 2.42. The first-order chi connectivity index (χ1) is 15.6. The number of hydrogen-bond acceptors (Lipinski definition) is 8. The highest BCUT2D eigenvalue weighted by atomic mass is 16.6. The summed E-state index contributed by atoms with van der Waals surface area (Å²) < 4.78 is 5.05. The Morgan fingerprint density at radius 2 is 1.94 bits per heavy atom. The quantitative estimate of drug-likeness (QED) is 0.204. The van der Waals surface area contributed by atoms with E-state index in [0.29, 0.717) is 24.3 Å². The molecule has 0 unspecified atom stereocenters. The largest absolute Gasteiger partial charge is 0.507 e. The van der Waals surface area contributed by atoms with Crippen LogP contribution < -0.4 is 4.74 Å². The number of Topliss-reactive ketones (excluding diaryl/α,β-unsaturated/α-hetero) is 1. The minimum absolute atomic E-state index is 0.0578. The molecular formula is C23H25N3O7. The summed E-state index contributed by atoms with van der Waals surface area (Å²) in [5.74, 6) is -2.32. The number of benzene rings is 2. The standard InChI is InChI=1S/C23H25N3O7/c1-24(2)10-5-11-25-20(14-6-4-7-15(12-14)26(31)32)19(22(29)23(25)30)21(28)17-9-8-16(33-3)13-18(17)27/h4,6-9,12-13,20,27-28H,5,10-11H2,1-3H3/t20-/m0/s1. The lowest BCUT2D eigenvalue weighted by molar-refractivity contribution is -0.384. The minimum Gasteiger partial charge on any atom is -0.507 e. The van der Waals surface area contributed by atoms with Crippen molar-refractivity contribution in [2.24, 2.45) is 0 Å². The van der Waals surface area contributed by atoms with Gasteiger partial charge in [0.1, 0.15) is 17.3 Å². The number of ketones is 1. The van der Waals surface area contributed by atoms with E-state index in [4.69, 9.17) is 4.74 Å². The van der Waals surface area contributed by atoms with E-state index in [9.17, 15) is 29.9 Å². The smallest absolute Gasteiger partial charge is 0.295 e. The number of aromatic hydroxyl groups is 1. The Hall–Kier alpha value is -3.92. The van der Waals surface area contributed by atoms with Crippen LogP contribution in [0.2, 0.25) is 0 Å². The number of aliphatic hydroxyl groups excluding tert-OH is 1. The van der Waals surface area contributed by atoms with E-state index >= 15 is 0 Å². The number of carbonyl (C=O) groups excluding carboxylic acids is 2. The van der Waals surface area contributed by atoms with Gasteiger partial charge in [0.15, 0.2) is 0 Å². The third-order valence-corrected chi connectivity index (χ3v) is 5.40. The second-order valence-corrected chi connectivity index (χ2v) is 7.88. The highest BCUT2D eigenvalue weighted by Gasteiger charge is 2.46. The van der Waals surface area contributed by atoms with Crippen molar-refractivity contribution in [3.63, 3.8) is 0 Å². The van der Waals surface area contributed by atoms with Crippen molar-refractivity contribution in [2.45, 2.75) is 12.5 Å². The summed E-state index contributed by atoms with van der Waals surface area (Å²) in [5.41, 5.74) is -0.204. The van der Waals surface area contributed by atoms with Crippen LogP contribution in [0.4, 0.5) is 5.69 Å². The molecule has 0 spiro atoms. The van der Waals surface area contributed by atoms with E-state index in [1.807, 2.05) is 19.0 Å². The molecule has 10 nitrogen and oxygen atoms in total. The molecule has 0 saturated carbocycles. The van der Waals surface area contributed by atoms with Crippen LogP contribution >= 0.6 is 0 Å². The fraction of sp³-hybridized carbons (Fsp3) is 0.304. The third kappa shape index (κ3) is 4.80. The van der Waals surface area contributed by atoms with Crippen LogP contribution in [0.25, 0.3) is 5.76 Å². The third-order valence-electron chi connectivity index (χ3n) is 5.40. The van der Waals surface area contributed by atoms with E-state index in [1.165, 1.54) is 48.4 Å². The maximum atomic E-state index is 13.0. The summed E-state index contributed by atoms with van der Waals surface area (Å²) in [6, 6.07) is 8.67. The van der Waals surface area contributed by atoms with Crippen molar-refractivity contribution in [3.8, 4) is 11.5 Å². The number of hydrogen-bond donors (Lipinski definition) is 2. The number of rotatable bonds is 8. The Kier molecular flexibility index (Phi) is 6.98. The van der Waals surface area contributed by atoms with E-state index in [2.05, 4.69) is 0 Å². The van der Waals surface area contributed by atoms with Crippen LogP contribution in [0, 0.1) is 10.1 Å². The predicted molar refractivity (Wildman–Crippen MR) is 120 cm³/mol. The number of ether oxygens (including phenoxy) is 1. The number of non-ortho nitro benzene ring substituents is 1. The van der Waals surface area contributed by atoms with Crippen LogP contribution in [-0.2, 0) is 9.59 Å². The number of aliphatic hydroxyl groups is 1. The van der Waals surface area contributed by atoms with E-state index in [-0.39, 0.29) is 29.1 Å². The number of amides is 1. The molecule has 2 aromatic rings. The van der Waals surface area contributed by atoms with Crippen LogP contribution in [0.1, 0.15) is 23.6 Å². The van der Waals surface area contributed by atoms with Gasteiger partial charge in [-0.05, 0) is 44.8 Å². The van der Waals surface area contributed by atoms with Gasteiger partial charge in [-0.25, -0.2) is 0 Å². The Labute approximate surface area is 190 Å². The molecule has 1 amide bonds. The van der Waals surface area contributed by atoms with Crippen molar-refractivity contribution in [2.75, 3.05) is 34.3 Å². The topological polar surface area (TPSA) is 133 Å². The predicted octanol–water partition coefficient (Wildman–Crippen LogP) is 2.68. The number of nitrogens with zero attached hydrogens (tertiary/aromatic N) is 3. The Morgan fingerprint density at radius 1 is 1.21 bits per heavy atom. The van der Waals surface area contributed by atoms with Gasteiger partial charge in [0.05, 0.1) is 29.2 Å². The van der Waals surface area contributed by atoms with Gasteiger partial charge in [-0.1, -0.05) is 12.1 Å². The van der Waals surface area contributed by atoms with Crippen LogP contribution in [-0.4, -0.2) is 70.9 Å². The van der Waals surface area contributed by atoms with Crippen LogP contribution in [0.5, 0.6) is 11.5 Å². The number of carbonyl (C=O) groups is 2. The molecule has 1 saturated heterocycles. The summed E-state index contributed by atoms with van der Waals surface area (Å²) in [6.45, 7) is 0.839. The van der Waals surface area contributed by atoms with Crippen LogP contribution in [0.3, 0.4) is 0 Å². The Bertz CT molecular complexity index is 1130. The molecule has 1 aliphatic rings. The number of phenolic OH excluding ortho intramolecular Hbond substituents is 1. The van der Waals surface area contributed by atoms with Gasteiger partial charge in [0.2, 0.25) is 0 Å². The lowest BCUT2D eigenvalue weighted by atomic mass is 9.94. The van der Waals surface area contributed by atoms with E-state index in [1.54, 1.807) is 6.07 Å². The average Bonchev–Trinajstić information content (AvgIpc) is 3.03.